The highest BCUT2D eigenvalue weighted by Crippen LogP contribution is 2.26. The van der Waals surface area contributed by atoms with Gasteiger partial charge >= 0.3 is 6.09 Å². The molecule has 132 valence electrons. The number of alkyl carbamates (subject to hydrolysis) is 1. The van der Waals surface area contributed by atoms with Crippen molar-refractivity contribution in [1.82, 2.24) is 15.1 Å². The quantitative estimate of drug-likeness (QED) is 0.808. The van der Waals surface area contributed by atoms with E-state index >= 15 is 0 Å². The van der Waals surface area contributed by atoms with Gasteiger partial charge in [-0.2, -0.15) is 5.10 Å². The standard InChI is InChI=1S/C17H31N3O3/c1-7-17(12-21,11-18-15(22)23-16(4,5)6)10-14-8-9-20(19-14)13(2)3/h8-9,13,21H,7,10-12H2,1-6H3,(H,18,22). The number of ether oxygens (including phenoxy) is 1. The van der Waals surface area contributed by atoms with E-state index in [9.17, 15) is 9.90 Å². The second kappa shape index (κ2) is 7.81. The van der Waals surface area contributed by atoms with Gasteiger partial charge in [-0.25, -0.2) is 4.79 Å². The first-order chi connectivity index (χ1) is 10.6. The Morgan fingerprint density at radius 2 is 2.09 bits per heavy atom. The fourth-order valence-corrected chi connectivity index (χ4v) is 2.25. The number of nitrogens with zero attached hydrogens (tertiary/aromatic N) is 2. The van der Waals surface area contributed by atoms with E-state index in [4.69, 9.17) is 4.74 Å². The van der Waals surface area contributed by atoms with Gasteiger partial charge in [-0.3, -0.25) is 4.68 Å². The third kappa shape index (κ3) is 6.22. The minimum absolute atomic E-state index is 0.0200. The first-order valence-corrected chi connectivity index (χ1v) is 8.22. The summed E-state index contributed by atoms with van der Waals surface area (Å²) < 4.78 is 7.15. The number of carbonyl (C=O) groups is 1. The second-order valence-corrected chi connectivity index (χ2v) is 7.42. The highest BCUT2D eigenvalue weighted by Gasteiger charge is 2.30. The summed E-state index contributed by atoms with van der Waals surface area (Å²) in [6.07, 6.45) is 2.82. The number of amides is 1. The van der Waals surface area contributed by atoms with Gasteiger partial charge in [0.25, 0.3) is 0 Å². The zero-order valence-corrected chi connectivity index (χ0v) is 15.2. The smallest absolute Gasteiger partial charge is 0.407 e. The zero-order chi connectivity index (χ0) is 17.7. The van der Waals surface area contributed by atoms with Crippen molar-refractivity contribution in [3.8, 4) is 0 Å². The Labute approximate surface area is 139 Å². The molecule has 0 radical (unpaired) electrons. The van der Waals surface area contributed by atoms with Crippen molar-refractivity contribution < 1.29 is 14.6 Å². The largest absolute Gasteiger partial charge is 0.444 e. The molecule has 0 bridgehead atoms. The Kier molecular flexibility index (Phi) is 6.62. The summed E-state index contributed by atoms with van der Waals surface area (Å²) in [6, 6.07) is 2.27. The number of hydrogen-bond acceptors (Lipinski definition) is 4. The van der Waals surface area contributed by atoms with Gasteiger partial charge in [0.05, 0.1) is 12.3 Å². The van der Waals surface area contributed by atoms with E-state index in [2.05, 4.69) is 24.3 Å². The lowest BCUT2D eigenvalue weighted by molar-refractivity contribution is 0.0460. The number of aromatic nitrogens is 2. The van der Waals surface area contributed by atoms with Crippen molar-refractivity contribution >= 4 is 6.09 Å². The molecule has 2 N–H and O–H groups in total. The zero-order valence-electron chi connectivity index (χ0n) is 15.2. The summed E-state index contributed by atoms with van der Waals surface area (Å²) in [7, 11) is 0. The van der Waals surface area contributed by atoms with Crippen LogP contribution in [-0.4, -0.2) is 39.7 Å². The fraction of sp³-hybridized carbons (Fsp3) is 0.765. The molecule has 1 aromatic heterocycles. The van der Waals surface area contributed by atoms with Gasteiger partial charge < -0.3 is 15.2 Å². The molecule has 6 nitrogen and oxygen atoms in total. The third-order valence-electron chi connectivity index (χ3n) is 3.84. The van der Waals surface area contributed by atoms with Gasteiger partial charge in [-0.15, -0.1) is 0 Å². The molecule has 23 heavy (non-hydrogen) atoms. The van der Waals surface area contributed by atoms with Crippen molar-refractivity contribution in [3.63, 3.8) is 0 Å². The molecule has 0 aliphatic rings. The molecule has 0 aliphatic carbocycles. The van der Waals surface area contributed by atoms with E-state index in [0.717, 1.165) is 12.1 Å². The molecule has 0 spiro atoms. The molecule has 1 heterocycles. The van der Waals surface area contributed by atoms with Crippen LogP contribution in [-0.2, 0) is 11.2 Å². The van der Waals surface area contributed by atoms with E-state index in [-0.39, 0.29) is 6.61 Å². The van der Waals surface area contributed by atoms with Crippen LogP contribution in [0.15, 0.2) is 12.3 Å². The van der Waals surface area contributed by atoms with Crippen molar-refractivity contribution in [2.75, 3.05) is 13.2 Å². The van der Waals surface area contributed by atoms with Crippen LogP contribution in [0.4, 0.5) is 4.79 Å². The maximum absolute atomic E-state index is 11.8. The topological polar surface area (TPSA) is 76.4 Å². The molecular formula is C17H31N3O3. The molecular weight excluding hydrogens is 294 g/mol. The van der Waals surface area contributed by atoms with Crippen LogP contribution >= 0.6 is 0 Å². The highest BCUT2D eigenvalue weighted by molar-refractivity contribution is 5.67. The van der Waals surface area contributed by atoms with Gasteiger partial charge in [0.15, 0.2) is 0 Å². The first kappa shape index (κ1) is 19.5. The van der Waals surface area contributed by atoms with E-state index in [1.54, 1.807) is 0 Å². The number of carbonyl (C=O) groups excluding carboxylic acids is 1. The Morgan fingerprint density at radius 1 is 1.43 bits per heavy atom. The molecule has 1 rings (SSSR count). The monoisotopic (exact) mass is 325 g/mol. The van der Waals surface area contributed by atoms with Gasteiger partial charge in [-0.05, 0) is 47.1 Å². The molecule has 1 aromatic rings. The number of aliphatic hydroxyl groups excluding tert-OH is 1. The predicted molar refractivity (Wildman–Crippen MR) is 90.4 cm³/mol. The number of nitrogens with one attached hydrogen (secondary N) is 1. The van der Waals surface area contributed by atoms with Crippen LogP contribution in [0.3, 0.4) is 0 Å². The highest BCUT2D eigenvalue weighted by atomic mass is 16.6. The number of rotatable bonds is 7. The summed E-state index contributed by atoms with van der Waals surface area (Å²) in [5.74, 6) is 0. The molecule has 6 heteroatoms. The Bertz CT molecular complexity index is 499. The fourth-order valence-electron chi connectivity index (χ4n) is 2.25. The number of aliphatic hydroxyl groups is 1. The summed E-state index contributed by atoms with van der Waals surface area (Å²) in [5.41, 5.74) is -0.0537. The van der Waals surface area contributed by atoms with Crippen LogP contribution in [0.2, 0.25) is 0 Å². The average molecular weight is 325 g/mol. The van der Waals surface area contributed by atoms with Crippen LogP contribution in [0.5, 0.6) is 0 Å². The van der Waals surface area contributed by atoms with Crippen molar-refractivity contribution in [1.29, 1.82) is 0 Å². The molecule has 0 saturated carbocycles. The van der Waals surface area contributed by atoms with Crippen LogP contribution in [0.25, 0.3) is 0 Å². The van der Waals surface area contributed by atoms with Gasteiger partial charge in [0, 0.05) is 30.6 Å². The molecule has 1 unspecified atom stereocenters. The Hall–Kier alpha value is -1.56. The Morgan fingerprint density at radius 3 is 2.52 bits per heavy atom. The third-order valence-corrected chi connectivity index (χ3v) is 3.84. The van der Waals surface area contributed by atoms with Gasteiger partial charge in [0.2, 0.25) is 0 Å². The maximum atomic E-state index is 11.8. The predicted octanol–water partition coefficient (Wildman–Crippen LogP) is 2.92. The Balaban J connectivity index is 2.72. The molecule has 0 aromatic carbocycles. The molecule has 1 atom stereocenters. The maximum Gasteiger partial charge on any atom is 0.407 e. The van der Waals surface area contributed by atoms with Crippen molar-refractivity contribution in [3.05, 3.63) is 18.0 Å². The second-order valence-electron chi connectivity index (χ2n) is 7.42. The normalized spacial score (nSPS) is 14.6. The summed E-state index contributed by atoms with van der Waals surface area (Å²) >= 11 is 0. The first-order valence-electron chi connectivity index (χ1n) is 8.22. The molecule has 1 amide bonds. The molecule has 0 fully saturated rings. The summed E-state index contributed by atoms with van der Waals surface area (Å²) in [6.45, 7) is 11.9. The summed E-state index contributed by atoms with van der Waals surface area (Å²) in [5, 5.41) is 17.2. The lowest BCUT2D eigenvalue weighted by Gasteiger charge is -2.31. The minimum Gasteiger partial charge on any atom is -0.444 e. The van der Waals surface area contributed by atoms with Crippen LogP contribution in [0.1, 0.15) is 59.7 Å². The average Bonchev–Trinajstić information content (AvgIpc) is 2.90. The molecule has 0 aliphatic heterocycles. The van der Waals surface area contributed by atoms with E-state index in [1.165, 1.54) is 0 Å². The summed E-state index contributed by atoms with van der Waals surface area (Å²) in [4.78, 5) is 11.8. The lowest BCUT2D eigenvalue weighted by atomic mass is 9.81. The van der Waals surface area contributed by atoms with Crippen molar-refractivity contribution in [2.45, 2.75) is 66.0 Å². The SMILES string of the molecule is CCC(CO)(CNC(=O)OC(C)(C)C)Cc1ccn(C(C)C)n1. The lowest BCUT2D eigenvalue weighted by Crippen LogP contribution is -2.43. The minimum atomic E-state index is -0.534. The van der Waals surface area contributed by atoms with Crippen LogP contribution < -0.4 is 5.32 Å². The van der Waals surface area contributed by atoms with E-state index in [1.807, 2.05) is 44.6 Å². The van der Waals surface area contributed by atoms with Crippen LogP contribution in [0, 0.1) is 5.41 Å². The van der Waals surface area contributed by atoms with Crippen molar-refractivity contribution in [2.24, 2.45) is 5.41 Å². The number of hydrogen-bond donors (Lipinski definition) is 2. The van der Waals surface area contributed by atoms with Gasteiger partial charge in [0.1, 0.15) is 5.60 Å². The molecule has 0 saturated heterocycles. The van der Waals surface area contributed by atoms with E-state index in [0.29, 0.717) is 19.0 Å². The van der Waals surface area contributed by atoms with E-state index < -0.39 is 17.1 Å². The van der Waals surface area contributed by atoms with Gasteiger partial charge in [-0.1, -0.05) is 6.92 Å².